The Kier molecular flexibility index (Phi) is 1.42. The summed E-state index contributed by atoms with van der Waals surface area (Å²) in [6.45, 7) is 0. The summed E-state index contributed by atoms with van der Waals surface area (Å²) in [5, 5.41) is 0. The zero-order chi connectivity index (χ0) is 6.85. The molecular weight excluding hydrogens is 129 g/mol. The molecule has 0 atom stereocenters. The molecule has 0 aliphatic heterocycles. The minimum Gasteiger partial charge on any atom is -0.204 e. The SMILES string of the molecule is Fc1[c]ccc(F)c1F. The summed E-state index contributed by atoms with van der Waals surface area (Å²) >= 11 is 0. The Balaban J connectivity index is 3.25. The highest BCUT2D eigenvalue weighted by molar-refractivity contribution is 5.06. The van der Waals surface area contributed by atoms with Crippen LogP contribution < -0.4 is 0 Å². The van der Waals surface area contributed by atoms with Crippen molar-refractivity contribution in [3.05, 3.63) is 35.7 Å². The van der Waals surface area contributed by atoms with Crippen LogP contribution in [0.3, 0.4) is 0 Å². The molecule has 0 heterocycles. The zero-order valence-electron chi connectivity index (χ0n) is 4.29. The molecule has 0 aromatic heterocycles. The van der Waals surface area contributed by atoms with Gasteiger partial charge >= 0.3 is 0 Å². The lowest BCUT2D eigenvalue weighted by Gasteiger charge is -1.89. The van der Waals surface area contributed by atoms with Gasteiger partial charge in [0.2, 0.25) is 0 Å². The lowest BCUT2D eigenvalue weighted by atomic mass is 10.3. The zero-order valence-corrected chi connectivity index (χ0v) is 4.29. The molecule has 0 bridgehead atoms. The fourth-order valence-corrected chi connectivity index (χ4v) is 0.429. The molecule has 0 amide bonds. The van der Waals surface area contributed by atoms with Crippen molar-refractivity contribution >= 4 is 0 Å². The molecule has 0 aliphatic rings. The highest BCUT2D eigenvalue weighted by Crippen LogP contribution is 2.07. The van der Waals surface area contributed by atoms with Gasteiger partial charge in [-0.1, -0.05) is 0 Å². The number of benzene rings is 1. The van der Waals surface area contributed by atoms with Crippen LogP contribution in [-0.4, -0.2) is 0 Å². The molecule has 1 aromatic rings. The molecule has 0 spiro atoms. The Labute approximate surface area is 49.9 Å². The summed E-state index contributed by atoms with van der Waals surface area (Å²) < 4.78 is 35.8. The van der Waals surface area contributed by atoms with E-state index in [9.17, 15) is 13.2 Å². The van der Waals surface area contributed by atoms with Crippen molar-refractivity contribution in [1.29, 1.82) is 0 Å². The molecule has 0 unspecified atom stereocenters. The summed E-state index contributed by atoms with van der Waals surface area (Å²) in [6, 6.07) is 3.64. The molecule has 1 rings (SSSR count). The minimum atomic E-state index is -1.47. The highest BCUT2D eigenvalue weighted by atomic mass is 19.2. The van der Waals surface area contributed by atoms with Crippen LogP contribution in [0.2, 0.25) is 0 Å². The van der Waals surface area contributed by atoms with E-state index in [1.807, 2.05) is 6.07 Å². The number of rotatable bonds is 0. The molecule has 1 radical (unpaired) electrons. The summed E-state index contributed by atoms with van der Waals surface area (Å²) in [5.74, 6) is -3.95. The van der Waals surface area contributed by atoms with E-state index in [1.165, 1.54) is 0 Å². The summed E-state index contributed by atoms with van der Waals surface area (Å²) in [6.07, 6.45) is 0. The van der Waals surface area contributed by atoms with Gasteiger partial charge in [-0.15, -0.1) is 0 Å². The molecular formula is C6H2F3. The smallest absolute Gasteiger partial charge is 0.195 e. The summed E-state index contributed by atoms with van der Waals surface area (Å²) in [7, 11) is 0. The van der Waals surface area contributed by atoms with Crippen molar-refractivity contribution in [2.75, 3.05) is 0 Å². The monoisotopic (exact) mass is 131 g/mol. The molecule has 1 aromatic carbocycles. The molecule has 0 aliphatic carbocycles. The van der Waals surface area contributed by atoms with Crippen molar-refractivity contribution < 1.29 is 13.2 Å². The van der Waals surface area contributed by atoms with Crippen LogP contribution in [0.15, 0.2) is 12.1 Å². The van der Waals surface area contributed by atoms with Gasteiger partial charge in [-0.2, -0.15) is 0 Å². The normalized spacial score (nSPS) is 9.67. The van der Waals surface area contributed by atoms with E-state index in [-0.39, 0.29) is 0 Å². The van der Waals surface area contributed by atoms with Crippen molar-refractivity contribution in [2.24, 2.45) is 0 Å². The third-order valence-corrected chi connectivity index (χ3v) is 0.842. The summed E-state index contributed by atoms with van der Waals surface area (Å²) in [5.41, 5.74) is 0. The van der Waals surface area contributed by atoms with Gasteiger partial charge in [0.25, 0.3) is 0 Å². The van der Waals surface area contributed by atoms with Gasteiger partial charge in [0.15, 0.2) is 17.5 Å². The van der Waals surface area contributed by atoms with Crippen LogP contribution >= 0.6 is 0 Å². The van der Waals surface area contributed by atoms with Crippen LogP contribution in [0.4, 0.5) is 13.2 Å². The van der Waals surface area contributed by atoms with Gasteiger partial charge in [-0.3, -0.25) is 0 Å². The van der Waals surface area contributed by atoms with Crippen molar-refractivity contribution in [3.63, 3.8) is 0 Å². The summed E-state index contributed by atoms with van der Waals surface area (Å²) in [4.78, 5) is 0. The van der Waals surface area contributed by atoms with Gasteiger partial charge in [-0.05, 0) is 12.1 Å². The third kappa shape index (κ3) is 1.04. The first kappa shape index (κ1) is 6.13. The first-order valence-electron chi connectivity index (χ1n) is 2.23. The largest absolute Gasteiger partial charge is 0.204 e. The second-order valence-corrected chi connectivity index (χ2v) is 1.45. The van der Waals surface area contributed by atoms with Crippen LogP contribution in [0, 0.1) is 23.5 Å². The molecule has 0 N–H and O–H groups in total. The molecule has 9 heavy (non-hydrogen) atoms. The molecule has 0 nitrogen and oxygen atoms in total. The van der Waals surface area contributed by atoms with E-state index in [0.717, 1.165) is 12.1 Å². The van der Waals surface area contributed by atoms with E-state index < -0.39 is 17.5 Å². The van der Waals surface area contributed by atoms with E-state index in [1.54, 1.807) is 0 Å². The lowest BCUT2D eigenvalue weighted by Crippen LogP contribution is -1.87. The van der Waals surface area contributed by atoms with Gasteiger partial charge in [0.1, 0.15) is 0 Å². The van der Waals surface area contributed by atoms with Gasteiger partial charge in [0, 0.05) is 6.07 Å². The average molecular weight is 131 g/mol. The van der Waals surface area contributed by atoms with Crippen molar-refractivity contribution in [2.45, 2.75) is 0 Å². The maximum atomic E-state index is 11.9. The Morgan fingerprint density at radius 3 is 2.33 bits per heavy atom. The van der Waals surface area contributed by atoms with E-state index in [2.05, 4.69) is 0 Å². The van der Waals surface area contributed by atoms with Gasteiger partial charge in [-0.25, -0.2) is 13.2 Å². The standard InChI is InChI=1S/C6H2F3/c7-4-2-1-3-5(8)6(4)9/h1-2H. The Morgan fingerprint density at radius 1 is 1.22 bits per heavy atom. The van der Waals surface area contributed by atoms with Gasteiger partial charge < -0.3 is 0 Å². The molecule has 47 valence electrons. The molecule has 0 fully saturated rings. The maximum absolute atomic E-state index is 11.9. The Morgan fingerprint density at radius 2 is 1.89 bits per heavy atom. The first-order chi connectivity index (χ1) is 4.22. The topological polar surface area (TPSA) is 0 Å². The number of hydrogen-bond donors (Lipinski definition) is 0. The van der Waals surface area contributed by atoms with E-state index in [0.29, 0.717) is 0 Å². The molecule has 0 saturated carbocycles. The van der Waals surface area contributed by atoms with Crippen LogP contribution in [0.1, 0.15) is 0 Å². The van der Waals surface area contributed by atoms with Crippen LogP contribution in [0.5, 0.6) is 0 Å². The lowest BCUT2D eigenvalue weighted by molar-refractivity contribution is 0.446. The fraction of sp³-hybridized carbons (Fsp3) is 0. The Bertz CT molecular complexity index is 199. The predicted molar refractivity (Wildman–Crippen MR) is 25.2 cm³/mol. The second-order valence-electron chi connectivity index (χ2n) is 1.45. The molecule has 3 heteroatoms. The predicted octanol–water partition coefficient (Wildman–Crippen LogP) is 1.90. The maximum Gasteiger partial charge on any atom is 0.195 e. The van der Waals surface area contributed by atoms with Crippen molar-refractivity contribution in [1.82, 2.24) is 0 Å². The average Bonchev–Trinajstić information content (AvgIpc) is 1.83. The number of hydrogen-bond acceptors (Lipinski definition) is 0. The molecule has 0 saturated heterocycles. The minimum absolute atomic E-state index is 0.804. The highest BCUT2D eigenvalue weighted by Gasteiger charge is 2.04. The van der Waals surface area contributed by atoms with Gasteiger partial charge in [0.05, 0.1) is 0 Å². The Hall–Kier alpha value is -0.990. The second kappa shape index (κ2) is 2.09. The number of halogens is 3. The van der Waals surface area contributed by atoms with Crippen LogP contribution in [-0.2, 0) is 0 Å². The van der Waals surface area contributed by atoms with Crippen LogP contribution in [0.25, 0.3) is 0 Å². The third-order valence-electron chi connectivity index (χ3n) is 0.842. The fourth-order valence-electron chi connectivity index (χ4n) is 0.429. The first-order valence-corrected chi connectivity index (χ1v) is 2.23. The van der Waals surface area contributed by atoms with E-state index >= 15 is 0 Å². The quantitative estimate of drug-likeness (QED) is 0.472. The van der Waals surface area contributed by atoms with Crippen molar-refractivity contribution in [3.8, 4) is 0 Å². The van der Waals surface area contributed by atoms with E-state index in [4.69, 9.17) is 0 Å².